The van der Waals surface area contributed by atoms with Crippen LogP contribution in [0.3, 0.4) is 0 Å². The standard InChI is InChI=1S/C12H21N3O/c1-2-15-8-10(7-14-15)12(9-13)5-3-11(16)4-6-12/h7-8,11,16H,2-6,9,13H2,1H3. The second kappa shape index (κ2) is 4.55. The average molecular weight is 223 g/mol. The Labute approximate surface area is 96.5 Å². The molecule has 1 fully saturated rings. The summed E-state index contributed by atoms with van der Waals surface area (Å²) in [6.07, 6.45) is 7.56. The Hall–Kier alpha value is -0.870. The molecule has 1 aliphatic carbocycles. The summed E-state index contributed by atoms with van der Waals surface area (Å²) in [4.78, 5) is 0. The lowest BCUT2D eigenvalue weighted by atomic mass is 9.70. The first-order valence-electron chi connectivity index (χ1n) is 6.11. The zero-order valence-corrected chi connectivity index (χ0v) is 9.89. The van der Waals surface area contributed by atoms with Gasteiger partial charge in [-0.25, -0.2) is 0 Å². The summed E-state index contributed by atoms with van der Waals surface area (Å²) in [5.74, 6) is 0. The molecule has 2 rings (SSSR count). The molecule has 90 valence electrons. The van der Waals surface area contributed by atoms with Gasteiger partial charge in [0.1, 0.15) is 0 Å². The highest BCUT2D eigenvalue weighted by Gasteiger charge is 2.36. The molecule has 1 saturated carbocycles. The molecule has 1 heterocycles. The van der Waals surface area contributed by atoms with Crippen LogP contribution in [-0.2, 0) is 12.0 Å². The molecule has 1 aromatic rings. The minimum atomic E-state index is -0.138. The second-order valence-corrected chi connectivity index (χ2v) is 4.80. The molecule has 16 heavy (non-hydrogen) atoms. The number of aliphatic hydroxyl groups is 1. The van der Waals surface area contributed by atoms with E-state index in [0.29, 0.717) is 6.54 Å². The number of hydrogen-bond donors (Lipinski definition) is 2. The summed E-state index contributed by atoms with van der Waals surface area (Å²) >= 11 is 0. The molecule has 0 unspecified atom stereocenters. The van der Waals surface area contributed by atoms with Crippen molar-refractivity contribution in [2.45, 2.75) is 50.7 Å². The lowest BCUT2D eigenvalue weighted by molar-refractivity contribution is 0.0974. The highest BCUT2D eigenvalue weighted by Crippen LogP contribution is 2.38. The molecule has 0 spiro atoms. The summed E-state index contributed by atoms with van der Waals surface area (Å²) in [6, 6.07) is 0. The van der Waals surface area contributed by atoms with Gasteiger partial charge in [0.2, 0.25) is 0 Å². The van der Waals surface area contributed by atoms with Crippen molar-refractivity contribution < 1.29 is 5.11 Å². The summed E-state index contributed by atoms with van der Waals surface area (Å²) in [7, 11) is 0. The van der Waals surface area contributed by atoms with Crippen LogP contribution in [0.1, 0.15) is 38.2 Å². The Bertz CT molecular complexity index is 340. The monoisotopic (exact) mass is 223 g/mol. The van der Waals surface area contributed by atoms with Crippen LogP contribution >= 0.6 is 0 Å². The third-order valence-electron chi connectivity index (χ3n) is 3.87. The molecular formula is C12H21N3O. The molecule has 0 bridgehead atoms. The third kappa shape index (κ3) is 1.99. The van der Waals surface area contributed by atoms with Crippen molar-refractivity contribution in [2.75, 3.05) is 6.54 Å². The van der Waals surface area contributed by atoms with Crippen LogP contribution in [0.2, 0.25) is 0 Å². The average Bonchev–Trinajstić information content (AvgIpc) is 2.80. The molecule has 0 aromatic carbocycles. The van der Waals surface area contributed by atoms with Crippen LogP contribution in [0, 0.1) is 0 Å². The maximum atomic E-state index is 9.57. The van der Waals surface area contributed by atoms with Gasteiger partial charge in [-0.2, -0.15) is 5.10 Å². The van der Waals surface area contributed by atoms with Crippen molar-refractivity contribution in [3.8, 4) is 0 Å². The van der Waals surface area contributed by atoms with Crippen LogP contribution in [0.5, 0.6) is 0 Å². The lowest BCUT2D eigenvalue weighted by Crippen LogP contribution is -2.39. The normalized spacial score (nSPS) is 30.6. The molecular weight excluding hydrogens is 202 g/mol. The molecule has 0 aliphatic heterocycles. The number of nitrogens with two attached hydrogens (primary N) is 1. The maximum Gasteiger partial charge on any atom is 0.0541 e. The van der Waals surface area contributed by atoms with Crippen molar-refractivity contribution in [1.82, 2.24) is 9.78 Å². The minimum Gasteiger partial charge on any atom is -0.393 e. The predicted molar refractivity (Wildman–Crippen MR) is 63.1 cm³/mol. The van der Waals surface area contributed by atoms with E-state index in [1.165, 1.54) is 5.56 Å². The van der Waals surface area contributed by atoms with Gasteiger partial charge in [-0.3, -0.25) is 4.68 Å². The Morgan fingerprint density at radius 2 is 2.25 bits per heavy atom. The molecule has 0 amide bonds. The summed E-state index contributed by atoms with van der Waals surface area (Å²) in [5, 5.41) is 13.9. The number of aliphatic hydroxyl groups excluding tert-OH is 1. The number of aryl methyl sites for hydroxylation is 1. The van der Waals surface area contributed by atoms with Gasteiger partial charge in [0, 0.05) is 24.7 Å². The Morgan fingerprint density at radius 1 is 1.56 bits per heavy atom. The van der Waals surface area contributed by atoms with E-state index in [1.54, 1.807) is 0 Å². The van der Waals surface area contributed by atoms with Crippen molar-refractivity contribution in [2.24, 2.45) is 5.73 Å². The van der Waals surface area contributed by atoms with Crippen LogP contribution in [0.25, 0.3) is 0 Å². The maximum absolute atomic E-state index is 9.57. The molecule has 0 saturated heterocycles. The third-order valence-corrected chi connectivity index (χ3v) is 3.87. The van der Waals surface area contributed by atoms with Crippen molar-refractivity contribution >= 4 is 0 Å². The van der Waals surface area contributed by atoms with Crippen molar-refractivity contribution in [1.29, 1.82) is 0 Å². The fraction of sp³-hybridized carbons (Fsp3) is 0.750. The van der Waals surface area contributed by atoms with Gasteiger partial charge in [0.05, 0.1) is 12.3 Å². The quantitative estimate of drug-likeness (QED) is 0.804. The fourth-order valence-electron chi connectivity index (χ4n) is 2.58. The predicted octanol–water partition coefficient (Wildman–Crippen LogP) is 1.03. The van der Waals surface area contributed by atoms with Gasteiger partial charge < -0.3 is 10.8 Å². The van der Waals surface area contributed by atoms with E-state index in [1.807, 2.05) is 10.9 Å². The van der Waals surface area contributed by atoms with E-state index in [2.05, 4.69) is 18.2 Å². The first kappa shape index (κ1) is 11.6. The van der Waals surface area contributed by atoms with Gasteiger partial charge in [0.25, 0.3) is 0 Å². The summed E-state index contributed by atoms with van der Waals surface area (Å²) < 4.78 is 1.94. The molecule has 0 atom stereocenters. The van der Waals surface area contributed by atoms with Crippen LogP contribution < -0.4 is 5.73 Å². The van der Waals surface area contributed by atoms with Gasteiger partial charge in [-0.1, -0.05) is 0 Å². The Balaban J connectivity index is 2.20. The largest absolute Gasteiger partial charge is 0.393 e. The zero-order valence-electron chi connectivity index (χ0n) is 9.89. The van der Waals surface area contributed by atoms with E-state index in [0.717, 1.165) is 32.2 Å². The lowest BCUT2D eigenvalue weighted by Gasteiger charge is -2.37. The highest BCUT2D eigenvalue weighted by molar-refractivity contribution is 5.21. The highest BCUT2D eigenvalue weighted by atomic mass is 16.3. The number of hydrogen-bond acceptors (Lipinski definition) is 3. The smallest absolute Gasteiger partial charge is 0.0541 e. The second-order valence-electron chi connectivity index (χ2n) is 4.80. The molecule has 1 aliphatic rings. The van der Waals surface area contributed by atoms with Crippen molar-refractivity contribution in [3.05, 3.63) is 18.0 Å². The Morgan fingerprint density at radius 3 is 2.75 bits per heavy atom. The molecule has 1 aromatic heterocycles. The summed E-state index contributed by atoms with van der Waals surface area (Å²) in [6.45, 7) is 3.62. The van der Waals surface area contributed by atoms with Gasteiger partial charge in [-0.05, 0) is 38.2 Å². The van der Waals surface area contributed by atoms with E-state index in [9.17, 15) is 5.11 Å². The van der Waals surface area contributed by atoms with Crippen LogP contribution in [-0.4, -0.2) is 27.5 Å². The fourth-order valence-corrected chi connectivity index (χ4v) is 2.58. The van der Waals surface area contributed by atoms with E-state index >= 15 is 0 Å². The van der Waals surface area contributed by atoms with E-state index in [4.69, 9.17) is 5.73 Å². The first-order valence-corrected chi connectivity index (χ1v) is 6.11. The van der Waals surface area contributed by atoms with Gasteiger partial charge in [0.15, 0.2) is 0 Å². The molecule has 0 radical (unpaired) electrons. The first-order chi connectivity index (χ1) is 7.70. The SMILES string of the molecule is CCn1cc(C2(CN)CCC(O)CC2)cn1. The number of aromatic nitrogens is 2. The van der Waals surface area contributed by atoms with Gasteiger partial charge >= 0.3 is 0 Å². The number of rotatable bonds is 3. The topological polar surface area (TPSA) is 64.1 Å². The van der Waals surface area contributed by atoms with Crippen LogP contribution in [0.4, 0.5) is 0 Å². The molecule has 4 heteroatoms. The molecule has 3 N–H and O–H groups in total. The summed E-state index contributed by atoms with van der Waals surface area (Å²) in [5.41, 5.74) is 7.24. The van der Waals surface area contributed by atoms with E-state index < -0.39 is 0 Å². The Kier molecular flexibility index (Phi) is 3.30. The molecule has 4 nitrogen and oxygen atoms in total. The van der Waals surface area contributed by atoms with Gasteiger partial charge in [-0.15, -0.1) is 0 Å². The minimum absolute atomic E-state index is 0.0483. The van der Waals surface area contributed by atoms with E-state index in [-0.39, 0.29) is 11.5 Å². The number of nitrogens with zero attached hydrogens (tertiary/aromatic N) is 2. The van der Waals surface area contributed by atoms with Crippen LogP contribution in [0.15, 0.2) is 12.4 Å². The van der Waals surface area contributed by atoms with Crippen molar-refractivity contribution in [3.63, 3.8) is 0 Å². The zero-order chi connectivity index (χ0) is 11.6.